The second kappa shape index (κ2) is 10.6. The highest BCUT2D eigenvalue weighted by Gasteiger charge is 2.16. The zero-order valence-corrected chi connectivity index (χ0v) is 19.4. The Morgan fingerprint density at radius 2 is 1.76 bits per heavy atom. The van der Waals surface area contributed by atoms with E-state index in [9.17, 15) is 4.79 Å². The van der Waals surface area contributed by atoms with Crippen LogP contribution in [-0.4, -0.2) is 30.5 Å². The van der Waals surface area contributed by atoms with Gasteiger partial charge in [0.2, 0.25) is 0 Å². The quantitative estimate of drug-likeness (QED) is 0.324. The summed E-state index contributed by atoms with van der Waals surface area (Å²) in [5.41, 5.74) is 6.28. The van der Waals surface area contributed by atoms with Crippen molar-refractivity contribution in [1.82, 2.24) is 10.3 Å². The number of pyridine rings is 1. The Hall–Kier alpha value is -3.50. The number of hydrogen-bond donors (Lipinski definition) is 1. The van der Waals surface area contributed by atoms with Crippen molar-refractivity contribution in [3.8, 4) is 28.0 Å². The average molecular weight is 451 g/mol. The van der Waals surface area contributed by atoms with Gasteiger partial charge in [-0.2, -0.15) is 0 Å². The van der Waals surface area contributed by atoms with Crippen LogP contribution in [0.3, 0.4) is 0 Å². The molecule has 172 valence electrons. The largest absolute Gasteiger partial charge is 0.492 e. The highest BCUT2D eigenvalue weighted by molar-refractivity contribution is 5.94. The minimum atomic E-state index is 0.441. The SMILES string of the molecule is O=CCc1ccc(-c2ccc3ncc(-c4ccccc4)c(OCCC4CCCCN4)c3c2)cc1. The second-order valence-electron chi connectivity index (χ2n) is 8.95. The van der Waals surface area contributed by atoms with Crippen LogP contribution in [-0.2, 0) is 11.2 Å². The molecule has 4 nitrogen and oxygen atoms in total. The summed E-state index contributed by atoms with van der Waals surface area (Å²) >= 11 is 0. The van der Waals surface area contributed by atoms with Crippen LogP contribution >= 0.6 is 0 Å². The molecule has 1 unspecified atom stereocenters. The summed E-state index contributed by atoms with van der Waals surface area (Å²) in [5.74, 6) is 0.895. The van der Waals surface area contributed by atoms with Crippen molar-refractivity contribution < 1.29 is 9.53 Å². The molecule has 1 aliphatic rings. The summed E-state index contributed by atoms with van der Waals surface area (Å²) in [7, 11) is 0. The molecule has 1 aliphatic heterocycles. The Kier molecular flexibility index (Phi) is 6.97. The van der Waals surface area contributed by atoms with Gasteiger partial charge in [0.1, 0.15) is 12.0 Å². The van der Waals surface area contributed by atoms with Crippen molar-refractivity contribution in [2.24, 2.45) is 0 Å². The highest BCUT2D eigenvalue weighted by atomic mass is 16.5. The number of fused-ring (bicyclic) bond motifs is 1. The van der Waals surface area contributed by atoms with E-state index in [2.05, 4.69) is 47.8 Å². The topological polar surface area (TPSA) is 51.2 Å². The first kappa shape index (κ1) is 22.3. The van der Waals surface area contributed by atoms with E-state index in [1.54, 1.807) is 0 Å². The summed E-state index contributed by atoms with van der Waals surface area (Å²) in [6, 6.07) is 25.4. The maximum atomic E-state index is 10.8. The van der Waals surface area contributed by atoms with Crippen molar-refractivity contribution in [3.05, 3.63) is 84.6 Å². The number of carbonyl (C=O) groups is 1. The molecule has 0 saturated carbocycles. The molecule has 0 aliphatic carbocycles. The number of nitrogens with zero attached hydrogens (tertiary/aromatic N) is 1. The molecule has 0 bridgehead atoms. The van der Waals surface area contributed by atoms with Crippen LogP contribution in [0.1, 0.15) is 31.2 Å². The first-order valence-electron chi connectivity index (χ1n) is 12.2. The highest BCUT2D eigenvalue weighted by Crippen LogP contribution is 2.38. The Bertz CT molecular complexity index is 1250. The van der Waals surface area contributed by atoms with Crippen LogP contribution in [0.25, 0.3) is 33.2 Å². The molecule has 34 heavy (non-hydrogen) atoms. The van der Waals surface area contributed by atoms with E-state index in [0.717, 1.165) is 63.7 Å². The van der Waals surface area contributed by atoms with Gasteiger partial charge in [0.25, 0.3) is 0 Å². The molecule has 1 N–H and O–H groups in total. The third-order valence-electron chi connectivity index (χ3n) is 6.63. The Morgan fingerprint density at radius 3 is 2.53 bits per heavy atom. The fourth-order valence-electron chi connectivity index (χ4n) is 4.73. The molecule has 1 aromatic heterocycles. The van der Waals surface area contributed by atoms with E-state index in [1.807, 2.05) is 36.5 Å². The molecule has 5 rings (SSSR count). The molecule has 3 aromatic carbocycles. The number of aromatic nitrogens is 1. The van der Waals surface area contributed by atoms with E-state index in [4.69, 9.17) is 9.72 Å². The zero-order chi connectivity index (χ0) is 23.2. The first-order valence-corrected chi connectivity index (χ1v) is 12.2. The molecule has 1 atom stereocenters. The number of ether oxygens (including phenoxy) is 1. The molecule has 1 saturated heterocycles. The molecule has 1 fully saturated rings. The van der Waals surface area contributed by atoms with Gasteiger partial charge < -0.3 is 14.8 Å². The van der Waals surface area contributed by atoms with Crippen LogP contribution in [0.15, 0.2) is 79.0 Å². The van der Waals surface area contributed by atoms with Crippen LogP contribution < -0.4 is 10.1 Å². The number of benzene rings is 3. The van der Waals surface area contributed by atoms with Crippen molar-refractivity contribution >= 4 is 17.2 Å². The standard InChI is InChI=1S/C30H30N2O2/c33-18-15-22-9-11-23(12-10-22)25-13-14-29-27(20-25)30(34-19-16-26-8-4-5-17-31-26)28(21-32-29)24-6-2-1-3-7-24/h1-3,6-7,9-14,18,20-21,26,31H,4-5,8,15-17,19H2. The van der Waals surface area contributed by atoms with Crippen LogP contribution in [0.5, 0.6) is 5.75 Å². The number of nitrogens with one attached hydrogen (secondary N) is 1. The summed E-state index contributed by atoms with van der Waals surface area (Å²) in [5, 5.41) is 4.64. The molecule has 4 heteroatoms. The van der Waals surface area contributed by atoms with Gasteiger partial charge in [0.15, 0.2) is 0 Å². The van der Waals surface area contributed by atoms with Gasteiger partial charge in [0, 0.05) is 29.6 Å². The van der Waals surface area contributed by atoms with Crippen molar-refractivity contribution in [1.29, 1.82) is 0 Å². The van der Waals surface area contributed by atoms with Gasteiger partial charge in [-0.3, -0.25) is 4.98 Å². The third-order valence-corrected chi connectivity index (χ3v) is 6.63. The van der Waals surface area contributed by atoms with Crippen LogP contribution in [0.2, 0.25) is 0 Å². The Morgan fingerprint density at radius 1 is 0.941 bits per heavy atom. The van der Waals surface area contributed by atoms with Crippen LogP contribution in [0, 0.1) is 0 Å². The van der Waals surface area contributed by atoms with Crippen molar-refractivity contribution in [3.63, 3.8) is 0 Å². The van der Waals surface area contributed by atoms with Crippen molar-refractivity contribution in [2.45, 2.75) is 38.1 Å². The number of hydrogen-bond acceptors (Lipinski definition) is 4. The molecular weight excluding hydrogens is 420 g/mol. The molecule has 4 aromatic rings. The smallest absolute Gasteiger partial charge is 0.138 e. The Balaban J connectivity index is 1.51. The predicted octanol–water partition coefficient (Wildman–Crippen LogP) is 6.22. The Labute approximate surface area is 201 Å². The molecular formula is C30H30N2O2. The van der Waals surface area contributed by atoms with E-state index in [1.165, 1.54) is 19.3 Å². The lowest BCUT2D eigenvalue weighted by Gasteiger charge is -2.24. The lowest BCUT2D eigenvalue weighted by atomic mass is 9.98. The fraction of sp³-hybridized carbons (Fsp3) is 0.267. The monoisotopic (exact) mass is 450 g/mol. The van der Waals surface area contributed by atoms with Gasteiger partial charge in [-0.05, 0) is 60.2 Å². The van der Waals surface area contributed by atoms with Crippen molar-refractivity contribution in [2.75, 3.05) is 13.2 Å². The predicted molar refractivity (Wildman–Crippen MR) is 138 cm³/mol. The molecule has 2 heterocycles. The third kappa shape index (κ3) is 5.02. The van der Waals surface area contributed by atoms with Crippen LogP contribution in [0.4, 0.5) is 0 Å². The molecule has 0 radical (unpaired) electrons. The normalized spacial score (nSPS) is 15.8. The summed E-state index contributed by atoms with van der Waals surface area (Å²) in [6.07, 6.45) is 8.08. The lowest BCUT2D eigenvalue weighted by Crippen LogP contribution is -2.35. The number of rotatable bonds is 8. The number of piperidine rings is 1. The van der Waals surface area contributed by atoms with Gasteiger partial charge in [-0.15, -0.1) is 0 Å². The second-order valence-corrected chi connectivity index (χ2v) is 8.95. The number of carbonyl (C=O) groups excluding carboxylic acids is 1. The van der Waals surface area contributed by atoms with E-state index in [0.29, 0.717) is 19.1 Å². The maximum Gasteiger partial charge on any atom is 0.138 e. The summed E-state index contributed by atoms with van der Waals surface area (Å²) in [6.45, 7) is 1.77. The van der Waals surface area contributed by atoms with E-state index >= 15 is 0 Å². The minimum Gasteiger partial charge on any atom is -0.492 e. The number of aldehydes is 1. The van der Waals surface area contributed by atoms with E-state index in [-0.39, 0.29) is 0 Å². The lowest BCUT2D eigenvalue weighted by molar-refractivity contribution is -0.107. The fourth-order valence-corrected chi connectivity index (χ4v) is 4.73. The summed E-state index contributed by atoms with van der Waals surface area (Å²) in [4.78, 5) is 15.6. The summed E-state index contributed by atoms with van der Waals surface area (Å²) < 4.78 is 6.53. The minimum absolute atomic E-state index is 0.441. The van der Waals surface area contributed by atoms with Gasteiger partial charge >= 0.3 is 0 Å². The zero-order valence-electron chi connectivity index (χ0n) is 19.4. The molecule has 0 amide bonds. The van der Waals surface area contributed by atoms with Gasteiger partial charge in [-0.1, -0.05) is 67.1 Å². The van der Waals surface area contributed by atoms with E-state index < -0.39 is 0 Å². The maximum absolute atomic E-state index is 10.8. The van der Waals surface area contributed by atoms with Gasteiger partial charge in [0.05, 0.1) is 12.1 Å². The average Bonchev–Trinajstić information content (AvgIpc) is 2.90. The first-order chi connectivity index (χ1) is 16.8. The molecule has 0 spiro atoms. The van der Waals surface area contributed by atoms with Gasteiger partial charge in [-0.25, -0.2) is 0 Å².